The highest BCUT2D eigenvalue weighted by Gasteiger charge is 2.28. The number of nitrogens with one attached hydrogen (secondary N) is 1. The molecule has 1 rings (SSSR count). The minimum atomic E-state index is -1.22. The van der Waals surface area contributed by atoms with Crippen molar-refractivity contribution in [3.8, 4) is 0 Å². The van der Waals surface area contributed by atoms with Gasteiger partial charge in [0.05, 0.1) is 23.7 Å². The number of rotatable bonds is 5. The van der Waals surface area contributed by atoms with Gasteiger partial charge in [-0.15, -0.1) is 0 Å². The Labute approximate surface area is 103 Å². The van der Waals surface area contributed by atoms with Crippen LogP contribution in [-0.4, -0.2) is 39.8 Å². The second-order valence-corrected chi connectivity index (χ2v) is 4.11. The Morgan fingerprint density at radius 1 is 1.39 bits per heavy atom. The number of aliphatic hydroxyl groups excluding tert-OH is 2. The number of benzene rings is 1. The lowest BCUT2D eigenvalue weighted by Gasteiger charge is -2.26. The summed E-state index contributed by atoms with van der Waals surface area (Å²) in [7, 11) is 0. The molecule has 7 heteroatoms. The van der Waals surface area contributed by atoms with E-state index < -0.39 is 29.6 Å². The van der Waals surface area contributed by atoms with Gasteiger partial charge in [-0.2, -0.15) is 0 Å². The van der Waals surface area contributed by atoms with Crippen LogP contribution in [0.5, 0.6) is 0 Å². The first-order chi connectivity index (χ1) is 8.43. The van der Waals surface area contributed by atoms with Gasteiger partial charge in [0.15, 0.2) is 0 Å². The van der Waals surface area contributed by atoms with Gasteiger partial charge in [-0.3, -0.25) is 14.9 Å². The Morgan fingerprint density at radius 2 is 1.94 bits per heavy atom. The average molecular weight is 254 g/mol. The summed E-state index contributed by atoms with van der Waals surface area (Å²) in [5, 5.41) is 31.2. The summed E-state index contributed by atoms with van der Waals surface area (Å²) >= 11 is 0. The van der Waals surface area contributed by atoms with Crippen molar-refractivity contribution in [2.75, 3.05) is 13.2 Å². The molecule has 0 heterocycles. The zero-order valence-electron chi connectivity index (χ0n) is 9.79. The molecule has 98 valence electrons. The van der Waals surface area contributed by atoms with Crippen molar-refractivity contribution < 1.29 is 19.9 Å². The lowest BCUT2D eigenvalue weighted by molar-refractivity contribution is -0.385. The maximum Gasteiger partial charge on any atom is 0.282 e. The number of carbonyl (C=O) groups excluding carboxylic acids is 1. The Hall–Kier alpha value is -1.99. The molecule has 0 bridgehead atoms. The fourth-order valence-corrected chi connectivity index (χ4v) is 1.30. The molecular formula is C11H14N2O5. The molecule has 0 radical (unpaired) electrons. The van der Waals surface area contributed by atoms with Crippen molar-refractivity contribution in [3.05, 3.63) is 39.9 Å². The van der Waals surface area contributed by atoms with Crippen molar-refractivity contribution >= 4 is 11.6 Å². The molecule has 0 spiro atoms. The van der Waals surface area contributed by atoms with E-state index in [1.54, 1.807) is 0 Å². The molecule has 1 aromatic carbocycles. The third kappa shape index (κ3) is 3.02. The highest BCUT2D eigenvalue weighted by Crippen LogP contribution is 2.18. The van der Waals surface area contributed by atoms with E-state index in [0.717, 1.165) is 0 Å². The third-order valence-corrected chi connectivity index (χ3v) is 2.46. The van der Waals surface area contributed by atoms with Crippen LogP contribution < -0.4 is 5.32 Å². The van der Waals surface area contributed by atoms with E-state index in [1.165, 1.54) is 31.2 Å². The summed E-state index contributed by atoms with van der Waals surface area (Å²) in [6.45, 7) is 0.478. The van der Waals surface area contributed by atoms with E-state index in [0.29, 0.717) is 0 Å². The minimum absolute atomic E-state index is 0.115. The zero-order chi connectivity index (χ0) is 13.8. The molecular weight excluding hydrogens is 240 g/mol. The van der Waals surface area contributed by atoms with Crippen LogP contribution in [-0.2, 0) is 0 Å². The lowest BCUT2D eigenvalue weighted by Crippen LogP contribution is -2.51. The Balaban J connectivity index is 3.01. The van der Waals surface area contributed by atoms with Gasteiger partial charge in [-0.1, -0.05) is 12.1 Å². The largest absolute Gasteiger partial charge is 0.394 e. The van der Waals surface area contributed by atoms with E-state index in [9.17, 15) is 14.9 Å². The van der Waals surface area contributed by atoms with E-state index in [1.807, 2.05) is 0 Å². The second kappa shape index (κ2) is 5.56. The van der Waals surface area contributed by atoms with E-state index in [2.05, 4.69) is 5.32 Å². The van der Waals surface area contributed by atoms with Crippen molar-refractivity contribution in [1.82, 2.24) is 5.32 Å². The molecule has 0 aromatic heterocycles. The maximum absolute atomic E-state index is 11.9. The summed E-state index contributed by atoms with van der Waals surface area (Å²) in [4.78, 5) is 22.0. The van der Waals surface area contributed by atoms with Gasteiger partial charge in [-0.05, 0) is 13.0 Å². The molecule has 1 amide bonds. The van der Waals surface area contributed by atoms with Gasteiger partial charge >= 0.3 is 0 Å². The Morgan fingerprint density at radius 3 is 2.44 bits per heavy atom. The average Bonchev–Trinajstić information content (AvgIpc) is 2.38. The zero-order valence-corrected chi connectivity index (χ0v) is 9.79. The molecule has 0 saturated carbocycles. The SMILES string of the molecule is CC(CO)(CO)NC(=O)c1ccccc1[N+](=O)[O-]. The monoisotopic (exact) mass is 254 g/mol. The van der Waals surface area contributed by atoms with Crippen LogP contribution in [0, 0.1) is 10.1 Å². The Bertz CT molecular complexity index is 457. The van der Waals surface area contributed by atoms with Gasteiger partial charge in [0, 0.05) is 6.07 Å². The van der Waals surface area contributed by atoms with Crippen LogP contribution in [0.2, 0.25) is 0 Å². The van der Waals surface area contributed by atoms with E-state index in [4.69, 9.17) is 10.2 Å². The molecule has 0 aliphatic heterocycles. The minimum Gasteiger partial charge on any atom is -0.394 e. The summed E-state index contributed by atoms with van der Waals surface area (Å²) in [5.74, 6) is -0.715. The number of nitro benzene ring substituents is 1. The predicted octanol–water partition coefficient (Wildman–Crippen LogP) is 0.0679. The van der Waals surface area contributed by atoms with Crippen molar-refractivity contribution in [2.45, 2.75) is 12.5 Å². The summed E-state index contributed by atoms with van der Waals surface area (Å²) in [6, 6.07) is 5.47. The summed E-state index contributed by atoms with van der Waals surface area (Å²) < 4.78 is 0. The molecule has 0 aliphatic carbocycles. The fraction of sp³-hybridized carbons (Fsp3) is 0.364. The number of aliphatic hydroxyl groups is 2. The number of hydrogen-bond donors (Lipinski definition) is 3. The van der Waals surface area contributed by atoms with Crippen LogP contribution in [0.15, 0.2) is 24.3 Å². The van der Waals surface area contributed by atoms with Crippen LogP contribution in [0.3, 0.4) is 0 Å². The maximum atomic E-state index is 11.9. The summed E-state index contributed by atoms with van der Waals surface area (Å²) in [6.07, 6.45) is 0. The number of nitrogens with zero attached hydrogens (tertiary/aromatic N) is 1. The predicted molar refractivity (Wildman–Crippen MR) is 63.1 cm³/mol. The third-order valence-electron chi connectivity index (χ3n) is 2.46. The quantitative estimate of drug-likeness (QED) is 0.508. The standard InChI is InChI=1S/C11H14N2O5/c1-11(6-14,7-15)12-10(16)8-4-2-3-5-9(8)13(17)18/h2-5,14-15H,6-7H2,1H3,(H,12,16). The first-order valence-corrected chi connectivity index (χ1v) is 5.21. The number of hydrogen-bond acceptors (Lipinski definition) is 5. The highest BCUT2D eigenvalue weighted by atomic mass is 16.6. The molecule has 0 fully saturated rings. The van der Waals surface area contributed by atoms with Crippen LogP contribution in [0.4, 0.5) is 5.69 Å². The molecule has 0 atom stereocenters. The normalized spacial score (nSPS) is 11.1. The first-order valence-electron chi connectivity index (χ1n) is 5.21. The molecule has 0 saturated heterocycles. The number of carbonyl (C=O) groups is 1. The molecule has 18 heavy (non-hydrogen) atoms. The molecule has 1 aromatic rings. The number of nitro groups is 1. The van der Waals surface area contributed by atoms with Crippen molar-refractivity contribution in [3.63, 3.8) is 0 Å². The number of para-hydroxylation sites is 1. The topological polar surface area (TPSA) is 113 Å². The van der Waals surface area contributed by atoms with Gasteiger partial charge in [-0.25, -0.2) is 0 Å². The molecule has 0 aliphatic rings. The molecule has 3 N–H and O–H groups in total. The first kappa shape index (κ1) is 14.1. The molecule has 0 unspecified atom stereocenters. The smallest absolute Gasteiger partial charge is 0.282 e. The van der Waals surface area contributed by atoms with E-state index in [-0.39, 0.29) is 11.3 Å². The van der Waals surface area contributed by atoms with Crippen LogP contribution in [0.25, 0.3) is 0 Å². The van der Waals surface area contributed by atoms with Crippen LogP contribution in [0.1, 0.15) is 17.3 Å². The lowest BCUT2D eigenvalue weighted by atomic mass is 10.0. The van der Waals surface area contributed by atoms with Crippen LogP contribution >= 0.6 is 0 Å². The molecule has 7 nitrogen and oxygen atoms in total. The van der Waals surface area contributed by atoms with E-state index >= 15 is 0 Å². The Kier molecular flexibility index (Phi) is 4.35. The summed E-state index contributed by atoms with van der Waals surface area (Å²) in [5.41, 5.74) is -1.66. The van der Waals surface area contributed by atoms with Gasteiger partial charge in [0.25, 0.3) is 11.6 Å². The van der Waals surface area contributed by atoms with Gasteiger partial charge in [0.2, 0.25) is 0 Å². The fourth-order valence-electron chi connectivity index (χ4n) is 1.30. The number of amides is 1. The second-order valence-electron chi connectivity index (χ2n) is 4.11. The van der Waals surface area contributed by atoms with Gasteiger partial charge < -0.3 is 15.5 Å². The van der Waals surface area contributed by atoms with Crippen molar-refractivity contribution in [1.29, 1.82) is 0 Å². The highest BCUT2D eigenvalue weighted by molar-refractivity contribution is 5.98. The van der Waals surface area contributed by atoms with Crippen molar-refractivity contribution in [2.24, 2.45) is 0 Å². The van der Waals surface area contributed by atoms with Gasteiger partial charge in [0.1, 0.15) is 5.56 Å².